The van der Waals surface area contributed by atoms with E-state index in [1.54, 1.807) is 0 Å². The third-order valence-corrected chi connectivity index (χ3v) is 5.19. The maximum atomic E-state index is 12.0. The molecule has 1 amide bonds. The summed E-state index contributed by atoms with van der Waals surface area (Å²) in [5.41, 5.74) is 0.199. The normalized spacial score (nSPS) is 21.9. The van der Waals surface area contributed by atoms with Gasteiger partial charge in [-0.3, -0.25) is 4.79 Å². The molecule has 0 spiro atoms. The number of halogens is 2. The summed E-state index contributed by atoms with van der Waals surface area (Å²) in [6.45, 7) is 0. The van der Waals surface area contributed by atoms with E-state index in [0.29, 0.717) is 12.8 Å². The lowest BCUT2D eigenvalue weighted by Crippen LogP contribution is -2.43. The van der Waals surface area contributed by atoms with E-state index in [1.165, 1.54) is 12.3 Å². The van der Waals surface area contributed by atoms with Crippen LogP contribution in [0.3, 0.4) is 0 Å². The minimum atomic E-state index is -3.06. The molecule has 1 aromatic rings. The average molecular weight is 323 g/mol. The summed E-state index contributed by atoms with van der Waals surface area (Å²) >= 11 is 11.6. The second kappa shape index (κ2) is 5.64. The largest absolute Gasteiger partial charge is 0.348 e. The van der Waals surface area contributed by atoms with Crippen LogP contribution < -0.4 is 5.32 Å². The summed E-state index contributed by atoms with van der Waals surface area (Å²) in [7, 11) is -3.06. The molecule has 19 heavy (non-hydrogen) atoms. The number of carbonyl (C=O) groups is 1. The second-order valence-corrected chi connectivity index (χ2v) is 7.44. The molecule has 1 aliphatic heterocycles. The van der Waals surface area contributed by atoms with Crippen molar-refractivity contribution in [3.05, 3.63) is 28.0 Å². The van der Waals surface area contributed by atoms with E-state index >= 15 is 0 Å². The number of nitrogens with zero attached hydrogens (tertiary/aromatic N) is 1. The first-order chi connectivity index (χ1) is 8.87. The first-order valence-electron chi connectivity index (χ1n) is 5.70. The Labute approximate surface area is 121 Å². The molecule has 5 nitrogen and oxygen atoms in total. The van der Waals surface area contributed by atoms with Gasteiger partial charge in [-0.15, -0.1) is 0 Å². The smallest absolute Gasteiger partial charge is 0.253 e. The Hall–Kier alpha value is -0.850. The standard InChI is InChI=1S/C11H12Cl2N2O3S/c12-9-5-14-10(13)4-8(9)11(16)15-7-2-1-3-19(17,18)6-7/h4-5,7H,1-3,6H2,(H,15,16). The van der Waals surface area contributed by atoms with Crippen molar-refractivity contribution in [3.8, 4) is 0 Å². The monoisotopic (exact) mass is 322 g/mol. The van der Waals surface area contributed by atoms with Crippen LogP contribution in [0.25, 0.3) is 0 Å². The van der Waals surface area contributed by atoms with Crippen molar-refractivity contribution in [2.75, 3.05) is 11.5 Å². The molecule has 0 saturated carbocycles. The van der Waals surface area contributed by atoms with Crippen LogP contribution in [0.15, 0.2) is 12.3 Å². The van der Waals surface area contributed by atoms with Crippen molar-refractivity contribution in [2.24, 2.45) is 0 Å². The number of aromatic nitrogens is 1. The average Bonchev–Trinajstić information content (AvgIpc) is 2.31. The van der Waals surface area contributed by atoms with Crippen LogP contribution in [-0.2, 0) is 9.84 Å². The number of pyridine rings is 1. The van der Waals surface area contributed by atoms with Gasteiger partial charge in [-0.25, -0.2) is 13.4 Å². The predicted octanol–water partition coefficient (Wildman–Crippen LogP) is 1.70. The van der Waals surface area contributed by atoms with E-state index < -0.39 is 15.7 Å². The highest BCUT2D eigenvalue weighted by Gasteiger charge is 2.26. The topological polar surface area (TPSA) is 76.1 Å². The van der Waals surface area contributed by atoms with Gasteiger partial charge < -0.3 is 5.32 Å². The molecular formula is C11H12Cl2N2O3S. The molecule has 0 aliphatic carbocycles. The van der Waals surface area contributed by atoms with Crippen molar-refractivity contribution in [2.45, 2.75) is 18.9 Å². The van der Waals surface area contributed by atoms with Crippen LogP contribution in [-0.4, -0.2) is 36.9 Å². The molecule has 0 radical (unpaired) electrons. The molecule has 1 atom stereocenters. The highest BCUT2D eigenvalue weighted by molar-refractivity contribution is 7.91. The Morgan fingerprint density at radius 1 is 1.42 bits per heavy atom. The van der Waals surface area contributed by atoms with Crippen LogP contribution in [0.1, 0.15) is 23.2 Å². The zero-order chi connectivity index (χ0) is 14.0. The highest BCUT2D eigenvalue weighted by Crippen LogP contribution is 2.19. The van der Waals surface area contributed by atoms with Gasteiger partial charge in [-0.1, -0.05) is 23.2 Å². The first kappa shape index (κ1) is 14.6. The molecule has 0 aromatic carbocycles. The number of amides is 1. The van der Waals surface area contributed by atoms with E-state index in [9.17, 15) is 13.2 Å². The van der Waals surface area contributed by atoms with Gasteiger partial charge in [0.2, 0.25) is 0 Å². The number of carbonyl (C=O) groups excluding carboxylic acids is 1. The van der Waals surface area contributed by atoms with Crippen LogP contribution in [0.5, 0.6) is 0 Å². The Morgan fingerprint density at radius 2 is 2.16 bits per heavy atom. The Morgan fingerprint density at radius 3 is 2.84 bits per heavy atom. The van der Waals surface area contributed by atoms with Crippen molar-refractivity contribution < 1.29 is 13.2 Å². The number of sulfone groups is 1. The minimum Gasteiger partial charge on any atom is -0.348 e. The molecule has 1 aliphatic rings. The van der Waals surface area contributed by atoms with Crippen LogP contribution in [0.2, 0.25) is 10.2 Å². The van der Waals surface area contributed by atoms with Gasteiger partial charge in [0, 0.05) is 12.2 Å². The fraction of sp³-hybridized carbons (Fsp3) is 0.455. The van der Waals surface area contributed by atoms with Crippen LogP contribution in [0, 0.1) is 0 Å². The van der Waals surface area contributed by atoms with Crippen molar-refractivity contribution >= 4 is 38.9 Å². The number of nitrogens with one attached hydrogen (secondary N) is 1. The summed E-state index contributed by atoms with van der Waals surface area (Å²) in [6, 6.07) is 0.977. The van der Waals surface area contributed by atoms with E-state index in [0.717, 1.165) is 0 Å². The molecule has 0 bridgehead atoms. The number of hydrogen-bond acceptors (Lipinski definition) is 4. The molecule has 2 heterocycles. The lowest BCUT2D eigenvalue weighted by Gasteiger charge is -2.23. The minimum absolute atomic E-state index is 0.0326. The maximum Gasteiger partial charge on any atom is 0.253 e. The molecule has 8 heteroatoms. The zero-order valence-corrected chi connectivity index (χ0v) is 12.2. The molecule has 2 rings (SSSR count). The lowest BCUT2D eigenvalue weighted by molar-refractivity contribution is 0.0938. The van der Waals surface area contributed by atoms with Gasteiger partial charge >= 0.3 is 0 Å². The fourth-order valence-corrected chi connectivity index (χ4v) is 3.97. The van der Waals surface area contributed by atoms with Gasteiger partial charge in [0.25, 0.3) is 5.91 Å². The molecule has 1 aromatic heterocycles. The van der Waals surface area contributed by atoms with E-state index in [4.69, 9.17) is 23.2 Å². The fourth-order valence-electron chi connectivity index (χ4n) is 1.99. The van der Waals surface area contributed by atoms with E-state index in [2.05, 4.69) is 10.3 Å². The third-order valence-electron chi connectivity index (χ3n) is 2.86. The Balaban J connectivity index is 2.11. The van der Waals surface area contributed by atoms with E-state index in [1.807, 2.05) is 0 Å². The summed E-state index contributed by atoms with van der Waals surface area (Å²) in [4.78, 5) is 15.8. The summed E-state index contributed by atoms with van der Waals surface area (Å²) in [5.74, 6) is -0.285. The Bertz CT molecular complexity index is 604. The number of rotatable bonds is 2. The van der Waals surface area contributed by atoms with E-state index in [-0.39, 0.29) is 33.3 Å². The first-order valence-corrected chi connectivity index (χ1v) is 8.27. The maximum absolute atomic E-state index is 12.0. The van der Waals surface area contributed by atoms with Gasteiger partial charge in [-0.05, 0) is 18.9 Å². The van der Waals surface area contributed by atoms with Gasteiger partial charge in [0.05, 0.1) is 22.1 Å². The lowest BCUT2D eigenvalue weighted by atomic mass is 10.1. The molecule has 1 N–H and O–H groups in total. The van der Waals surface area contributed by atoms with Crippen molar-refractivity contribution in [1.82, 2.24) is 10.3 Å². The number of hydrogen-bond donors (Lipinski definition) is 1. The highest BCUT2D eigenvalue weighted by atomic mass is 35.5. The van der Waals surface area contributed by atoms with Gasteiger partial charge in [0.15, 0.2) is 9.84 Å². The molecule has 104 valence electrons. The second-order valence-electron chi connectivity index (χ2n) is 4.41. The molecule has 1 unspecified atom stereocenters. The predicted molar refractivity (Wildman–Crippen MR) is 73.4 cm³/mol. The summed E-state index contributed by atoms with van der Waals surface area (Å²) < 4.78 is 23.0. The van der Waals surface area contributed by atoms with Crippen molar-refractivity contribution in [3.63, 3.8) is 0 Å². The molecular weight excluding hydrogens is 311 g/mol. The zero-order valence-electron chi connectivity index (χ0n) is 9.90. The summed E-state index contributed by atoms with van der Waals surface area (Å²) in [5, 5.41) is 3.01. The third kappa shape index (κ3) is 3.81. The van der Waals surface area contributed by atoms with Gasteiger partial charge in [0.1, 0.15) is 5.15 Å². The Kier molecular flexibility index (Phi) is 4.32. The van der Waals surface area contributed by atoms with Crippen LogP contribution >= 0.6 is 23.2 Å². The SMILES string of the molecule is O=C(NC1CCCS(=O)(=O)C1)c1cc(Cl)ncc1Cl. The van der Waals surface area contributed by atoms with Crippen LogP contribution in [0.4, 0.5) is 0 Å². The van der Waals surface area contributed by atoms with Crippen molar-refractivity contribution in [1.29, 1.82) is 0 Å². The molecule has 1 fully saturated rings. The quantitative estimate of drug-likeness (QED) is 0.841. The summed E-state index contributed by atoms with van der Waals surface area (Å²) in [6.07, 6.45) is 2.48. The van der Waals surface area contributed by atoms with Gasteiger partial charge in [-0.2, -0.15) is 0 Å². The molecule has 1 saturated heterocycles.